The summed E-state index contributed by atoms with van der Waals surface area (Å²) in [6, 6.07) is 20.4. The monoisotopic (exact) mass is 509 g/mol. The maximum Gasteiger partial charge on any atom is 0.264 e. The van der Waals surface area contributed by atoms with Crippen molar-refractivity contribution >= 4 is 15.9 Å². The third-order valence-electron chi connectivity index (χ3n) is 6.98. The first-order valence-electron chi connectivity index (χ1n) is 12.0. The van der Waals surface area contributed by atoms with Crippen LogP contribution in [-0.2, 0) is 19.6 Å². The second-order valence-electron chi connectivity index (χ2n) is 9.87. The van der Waals surface area contributed by atoms with E-state index in [2.05, 4.69) is 10.8 Å². The van der Waals surface area contributed by atoms with Crippen LogP contribution in [0.1, 0.15) is 44.8 Å². The molecule has 2 aliphatic heterocycles. The van der Waals surface area contributed by atoms with Crippen molar-refractivity contribution < 1.29 is 27.1 Å². The minimum Gasteiger partial charge on any atom is -0.487 e. The van der Waals surface area contributed by atoms with Gasteiger partial charge in [-0.3, -0.25) is 4.79 Å². The molecule has 0 bridgehead atoms. The molecule has 188 valence electrons. The summed E-state index contributed by atoms with van der Waals surface area (Å²) in [5, 5.41) is 0. The van der Waals surface area contributed by atoms with Crippen molar-refractivity contribution in [2.24, 2.45) is 5.92 Å². The number of carbonyl (C=O) groups is 1. The van der Waals surface area contributed by atoms with Gasteiger partial charge in [0.25, 0.3) is 10.0 Å². The molecule has 6 nitrogen and oxygen atoms in total. The highest BCUT2D eigenvalue weighted by molar-refractivity contribution is 7.90. The first kappa shape index (κ1) is 24.5. The van der Waals surface area contributed by atoms with Crippen LogP contribution < -0.4 is 9.46 Å². The first-order chi connectivity index (χ1) is 17.1. The molecule has 8 heteroatoms. The molecule has 1 amide bonds. The molecule has 1 saturated heterocycles. The van der Waals surface area contributed by atoms with Crippen molar-refractivity contribution in [2.75, 3.05) is 0 Å². The van der Waals surface area contributed by atoms with E-state index < -0.39 is 33.5 Å². The van der Waals surface area contributed by atoms with Crippen molar-refractivity contribution in [1.29, 1.82) is 0 Å². The van der Waals surface area contributed by atoms with Gasteiger partial charge in [-0.05, 0) is 74.2 Å². The van der Waals surface area contributed by atoms with Crippen LogP contribution in [0.25, 0.3) is 11.1 Å². The van der Waals surface area contributed by atoms with Crippen molar-refractivity contribution in [3.8, 4) is 16.9 Å². The molecule has 1 fully saturated rings. The predicted octanol–water partition coefficient (Wildman–Crippen LogP) is 5.40. The van der Waals surface area contributed by atoms with Crippen LogP contribution in [0.4, 0.5) is 4.39 Å². The van der Waals surface area contributed by atoms with E-state index in [9.17, 15) is 17.6 Å². The normalized spacial score (nSPS) is 22.6. The average molecular weight is 510 g/mol. The van der Waals surface area contributed by atoms with Crippen molar-refractivity contribution in [2.45, 2.75) is 55.8 Å². The summed E-state index contributed by atoms with van der Waals surface area (Å²) < 4.78 is 53.1. The molecule has 2 heterocycles. The smallest absolute Gasteiger partial charge is 0.264 e. The number of amides is 1. The molecule has 3 aromatic carbocycles. The molecular weight excluding hydrogens is 481 g/mol. The molecule has 0 saturated carbocycles. The van der Waals surface area contributed by atoms with E-state index in [1.165, 1.54) is 0 Å². The zero-order chi connectivity index (χ0) is 25.5. The Morgan fingerprint density at radius 2 is 1.72 bits per heavy atom. The van der Waals surface area contributed by atoms with Gasteiger partial charge in [-0.2, -0.15) is 0 Å². The van der Waals surface area contributed by atoms with Gasteiger partial charge in [-0.25, -0.2) is 17.5 Å². The van der Waals surface area contributed by atoms with E-state index in [4.69, 9.17) is 9.47 Å². The maximum absolute atomic E-state index is 13.2. The summed E-state index contributed by atoms with van der Waals surface area (Å²) in [6.07, 6.45) is 0.545. The largest absolute Gasteiger partial charge is 0.487 e. The molecule has 0 unspecified atom stereocenters. The van der Waals surface area contributed by atoms with Crippen LogP contribution >= 0.6 is 0 Å². The van der Waals surface area contributed by atoms with Gasteiger partial charge in [0.2, 0.25) is 5.91 Å². The molecule has 0 radical (unpaired) electrons. The number of halogens is 1. The Kier molecular flexibility index (Phi) is 6.34. The van der Waals surface area contributed by atoms with Crippen LogP contribution in [0.15, 0.2) is 77.7 Å². The van der Waals surface area contributed by atoms with Gasteiger partial charge in [-0.1, -0.05) is 36.4 Å². The number of nitrogens with one attached hydrogen (secondary N) is 1. The van der Waals surface area contributed by atoms with Crippen molar-refractivity contribution in [3.63, 3.8) is 0 Å². The van der Waals surface area contributed by atoms with E-state index >= 15 is 0 Å². The lowest BCUT2D eigenvalue weighted by Gasteiger charge is -2.48. The molecule has 0 spiro atoms. The molecule has 1 N–H and O–H groups in total. The summed E-state index contributed by atoms with van der Waals surface area (Å²) in [5.74, 6) is -0.379. The van der Waals surface area contributed by atoms with Gasteiger partial charge in [0.1, 0.15) is 17.2 Å². The summed E-state index contributed by atoms with van der Waals surface area (Å²) in [5.41, 5.74) is 2.61. The Bertz CT molecular complexity index is 1370. The number of hydrogen-bond donors (Lipinski definition) is 1. The Balaban J connectivity index is 1.35. The molecule has 36 heavy (non-hydrogen) atoms. The van der Waals surface area contributed by atoms with E-state index in [-0.39, 0.29) is 23.3 Å². The van der Waals surface area contributed by atoms with Gasteiger partial charge in [-0.15, -0.1) is 0 Å². The summed E-state index contributed by atoms with van der Waals surface area (Å²) in [4.78, 5) is 12.5. The molecule has 0 aromatic heterocycles. The molecule has 2 aliphatic rings. The van der Waals surface area contributed by atoms with E-state index in [1.807, 2.05) is 56.3 Å². The lowest BCUT2D eigenvalue weighted by atomic mass is 9.74. The van der Waals surface area contributed by atoms with E-state index in [0.717, 1.165) is 53.1 Å². The zero-order valence-corrected chi connectivity index (χ0v) is 20.9. The molecular formula is C28H28FNO5S. The fraction of sp³-hybridized carbons (Fsp3) is 0.321. The average Bonchev–Trinajstić information content (AvgIpc) is 2.84. The lowest BCUT2D eigenvalue weighted by molar-refractivity contribution is -0.155. The maximum atomic E-state index is 13.2. The van der Waals surface area contributed by atoms with E-state index in [0.29, 0.717) is 6.42 Å². The number of hydrogen-bond acceptors (Lipinski definition) is 5. The number of fused-ring (bicyclic) bond motifs is 3. The van der Waals surface area contributed by atoms with Crippen LogP contribution in [-0.4, -0.2) is 26.0 Å². The topological polar surface area (TPSA) is 81.7 Å². The third kappa shape index (κ3) is 4.88. The van der Waals surface area contributed by atoms with Crippen LogP contribution in [0.5, 0.6) is 5.75 Å². The standard InChI is InChI=1S/C28H28FNO5S/c1-28(2)24-14-11-21(17-26(31)30-36(32,33)22-12-9-20(29)10-13-22)34-27(24)23-16-19(8-15-25(23)35-28)18-6-4-3-5-7-18/h3-10,12-13,15-16,21,24,27H,11,14,17H2,1-2H3,(H,30,31)/t21-,24+,27-/m0/s1. The molecule has 0 aliphatic carbocycles. The Hall–Kier alpha value is -3.23. The third-order valence-corrected chi connectivity index (χ3v) is 8.37. The molecule has 3 aromatic rings. The SMILES string of the molecule is CC1(C)Oc2ccc(-c3ccccc3)cc2[C@@H]2O[C@H](CC(=O)NS(=O)(=O)c3ccc(F)cc3)CC[C@H]21. The van der Waals surface area contributed by atoms with Crippen LogP contribution in [0, 0.1) is 11.7 Å². The Morgan fingerprint density at radius 3 is 2.44 bits per heavy atom. The van der Waals surface area contributed by atoms with E-state index in [1.54, 1.807) is 0 Å². The summed E-state index contributed by atoms with van der Waals surface area (Å²) >= 11 is 0. The highest BCUT2D eigenvalue weighted by atomic mass is 32.2. The van der Waals surface area contributed by atoms with Gasteiger partial charge >= 0.3 is 0 Å². The second-order valence-corrected chi connectivity index (χ2v) is 11.6. The fourth-order valence-corrected chi connectivity index (χ4v) is 6.14. The lowest BCUT2D eigenvalue weighted by Crippen LogP contribution is -2.49. The van der Waals surface area contributed by atoms with Crippen molar-refractivity contribution in [3.05, 3.63) is 84.2 Å². The van der Waals surface area contributed by atoms with Gasteiger partial charge < -0.3 is 9.47 Å². The Labute approximate surface area is 210 Å². The molecule has 5 rings (SSSR count). The highest BCUT2D eigenvalue weighted by Gasteiger charge is 2.47. The van der Waals surface area contributed by atoms with Gasteiger partial charge in [0, 0.05) is 11.5 Å². The van der Waals surface area contributed by atoms with Crippen molar-refractivity contribution in [1.82, 2.24) is 4.72 Å². The van der Waals surface area contributed by atoms with Gasteiger partial charge in [0.05, 0.1) is 23.5 Å². The predicted molar refractivity (Wildman–Crippen MR) is 133 cm³/mol. The Morgan fingerprint density at radius 1 is 1.00 bits per heavy atom. The fourth-order valence-electron chi connectivity index (χ4n) is 5.14. The summed E-state index contributed by atoms with van der Waals surface area (Å²) in [6.45, 7) is 4.09. The van der Waals surface area contributed by atoms with Crippen LogP contribution in [0.2, 0.25) is 0 Å². The van der Waals surface area contributed by atoms with Gasteiger partial charge in [0.15, 0.2) is 0 Å². The zero-order valence-electron chi connectivity index (χ0n) is 20.1. The van der Waals surface area contributed by atoms with Crippen LogP contribution in [0.3, 0.4) is 0 Å². The minimum atomic E-state index is -4.10. The minimum absolute atomic E-state index is 0.0817. The summed E-state index contributed by atoms with van der Waals surface area (Å²) in [7, 11) is -4.10. The number of sulfonamides is 1. The highest BCUT2D eigenvalue weighted by Crippen LogP contribution is 2.51. The number of benzene rings is 3. The molecule has 3 atom stereocenters. The number of ether oxygens (including phenoxy) is 2. The number of rotatable bonds is 5. The number of carbonyl (C=O) groups excluding carboxylic acids is 1. The first-order valence-corrected chi connectivity index (χ1v) is 13.5. The second kappa shape index (κ2) is 9.33. The quantitative estimate of drug-likeness (QED) is 0.498.